The lowest BCUT2D eigenvalue weighted by Crippen LogP contribution is -2.66. The lowest BCUT2D eigenvalue weighted by Gasteiger charge is -2.51. The van der Waals surface area contributed by atoms with Crippen LogP contribution in [0.2, 0.25) is 10.0 Å². The van der Waals surface area contributed by atoms with Crippen molar-refractivity contribution < 1.29 is 46.6 Å². The van der Waals surface area contributed by atoms with Crippen LogP contribution in [0.5, 0.6) is 5.88 Å². The third-order valence-corrected chi connectivity index (χ3v) is 11.7. The Labute approximate surface area is 381 Å². The summed E-state index contributed by atoms with van der Waals surface area (Å²) < 4.78 is 57.0. The number of piperazine rings is 1. The van der Waals surface area contributed by atoms with Gasteiger partial charge >= 0.3 is 12.2 Å². The summed E-state index contributed by atoms with van der Waals surface area (Å²) in [6.45, 7) is 11.5. The first kappa shape index (κ1) is 46.7. The van der Waals surface area contributed by atoms with Gasteiger partial charge in [-0.05, 0) is 120 Å². The van der Waals surface area contributed by atoms with Crippen molar-refractivity contribution in [2.75, 3.05) is 26.8 Å². The number of benzene rings is 2. The number of methoxy groups -OCH3 is 1. The standard InChI is InChI=1S/C47H53Cl2F2N5O8/c1-46(2,3)62-44(58)54-24-31-20-33(28-11-17-39(52-22-28)61-26-32-21-37(53-64-32)41-35(50)15-16-36(51)42(41)49)40(38(25-54)56(31)45(59)63-47(4,5)6)43(57)55(30-12-13-30)23-29-19-27(9-8-18-60-7)10-14-34(29)48/h10-11,14-17,19,21-22,30-31,38H,8-9,12-13,18,20,23-26H2,1-7H3. The van der Waals surface area contributed by atoms with Crippen LogP contribution in [0.15, 0.2) is 64.8 Å². The van der Waals surface area contributed by atoms with Crippen LogP contribution in [0.1, 0.15) is 89.7 Å². The van der Waals surface area contributed by atoms with Crippen LogP contribution >= 0.6 is 23.2 Å². The summed E-state index contributed by atoms with van der Waals surface area (Å²) in [5.74, 6) is -1.45. The number of carbonyl (C=O) groups is 3. The lowest BCUT2D eigenvalue weighted by molar-refractivity contribution is -0.129. The van der Waals surface area contributed by atoms with Crippen LogP contribution < -0.4 is 4.74 Å². The molecule has 4 aromatic rings. The van der Waals surface area contributed by atoms with Gasteiger partial charge in [-0.15, -0.1) is 0 Å². The summed E-state index contributed by atoms with van der Waals surface area (Å²) in [6.07, 6.45) is 3.81. The molecule has 0 radical (unpaired) electrons. The second kappa shape index (κ2) is 19.1. The maximum atomic E-state index is 15.5. The van der Waals surface area contributed by atoms with Gasteiger partial charge in [0.15, 0.2) is 12.4 Å². The van der Waals surface area contributed by atoms with Gasteiger partial charge in [0, 0.05) is 68.3 Å². The van der Waals surface area contributed by atoms with E-state index in [1.807, 2.05) is 23.1 Å². The summed E-state index contributed by atoms with van der Waals surface area (Å²) in [4.78, 5) is 53.0. The molecule has 2 aliphatic heterocycles. The maximum Gasteiger partial charge on any atom is 0.411 e. The fourth-order valence-electron chi connectivity index (χ4n) is 7.99. The number of aryl methyl sites for hydroxylation is 1. The Kier molecular flexibility index (Phi) is 13.9. The number of halogens is 4. The van der Waals surface area contributed by atoms with Gasteiger partial charge in [-0.1, -0.05) is 40.5 Å². The van der Waals surface area contributed by atoms with Crippen molar-refractivity contribution in [1.82, 2.24) is 24.8 Å². The molecule has 0 spiro atoms. The predicted octanol–water partition coefficient (Wildman–Crippen LogP) is 10.1. The molecule has 64 heavy (non-hydrogen) atoms. The molecule has 2 atom stereocenters. The van der Waals surface area contributed by atoms with E-state index >= 15 is 4.79 Å². The number of hydrogen-bond acceptors (Lipinski definition) is 10. The molecule has 7 rings (SSSR count). The van der Waals surface area contributed by atoms with Crippen molar-refractivity contribution in [3.8, 4) is 17.1 Å². The molecule has 4 heterocycles. The van der Waals surface area contributed by atoms with Crippen LogP contribution in [0.4, 0.5) is 18.4 Å². The highest BCUT2D eigenvalue weighted by Gasteiger charge is 2.51. The van der Waals surface area contributed by atoms with Crippen molar-refractivity contribution in [3.05, 3.63) is 104 Å². The molecule has 2 aromatic carbocycles. The summed E-state index contributed by atoms with van der Waals surface area (Å²) in [5, 5.41) is 3.96. The number of pyridine rings is 1. The van der Waals surface area contributed by atoms with E-state index in [1.165, 1.54) is 6.07 Å². The van der Waals surface area contributed by atoms with Gasteiger partial charge in [0.25, 0.3) is 5.91 Å². The quantitative estimate of drug-likeness (QED) is 0.0942. The third-order valence-electron chi connectivity index (χ3n) is 11.0. The Balaban J connectivity index is 1.24. The van der Waals surface area contributed by atoms with Crippen molar-refractivity contribution in [3.63, 3.8) is 0 Å². The van der Waals surface area contributed by atoms with E-state index in [4.69, 9.17) is 46.7 Å². The van der Waals surface area contributed by atoms with Crippen molar-refractivity contribution in [2.45, 2.75) is 116 Å². The fourth-order valence-corrected chi connectivity index (χ4v) is 8.41. The van der Waals surface area contributed by atoms with Crippen molar-refractivity contribution >= 4 is 46.9 Å². The zero-order valence-electron chi connectivity index (χ0n) is 37.0. The molecule has 3 amide bonds. The molecule has 2 aromatic heterocycles. The van der Waals surface area contributed by atoms with Gasteiger partial charge < -0.3 is 33.3 Å². The SMILES string of the molecule is COCCCc1ccc(Cl)c(CN(C(=O)C2=C(c3ccc(OCc4cc(-c5c(F)ccc(F)c5Cl)no4)nc3)CC3CN(C(=O)OC(C)(C)C)CC2N3C(=O)OC(C)(C)C)C2CC2)c1. The second-order valence-corrected chi connectivity index (χ2v) is 19.1. The molecule has 342 valence electrons. The zero-order chi connectivity index (χ0) is 46.1. The van der Waals surface area contributed by atoms with Gasteiger partial charge in [0.05, 0.1) is 22.7 Å². The summed E-state index contributed by atoms with van der Waals surface area (Å²) in [6, 6.07) is 11.0. The van der Waals surface area contributed by atoms with E-state index in [-0.39, 0.29) is 67.5 Å². The number of nitrogens with zero attached hydrogens (tertiary/aromatic N) is 5. The van der Waals surface area contributed by atoms with Gasteiger partial charge in [-0.25, -0.2) is 23.4 Å². The second-order valence-electron chi connectivity index (χ2n) is 18.3. The summed E-state index contributed by atoms with van der Waals surface area (Å²) >= 11 is 12.8. The number of carbonyl (C=O) groups excluding carboxylic acids is 3. The number of fused-ring (bicyclic) bond motifs is 2. The molecular weight excluding hydrogens is 871 g/mol. The first-order chi connectivity index (χ1) is 30.3. The molecule has 1 aliphatic carbocycles. The van der Waals surface area contributed by atoms with Crippen LogP contribution in [-0.2, 0) is 38.6 Å². The Bertz CT molecular complexity index is 2410. The minimum atomic E-state index is -0.914. The molecular formula is C47H53Cl2F2N5O8. The van der Waals surface area contributed by atoms with E-state index in [0.717, 1.165) is 48.9 Å². The molecule has 2 unspecified atom stereocenters. The van der Waals surface area contributed by atoms with Crippen LogP contribution in [0.3, 0.4) is 0 Å². The van der Waals surface area contributed by atoms with Gasteiger partial charge in [-0.3, -0.25) is 9.69 Å². The summed E-state index contributed by atoms with van der Waals surface area (Å²) in [5.41, 5.74) is 1.62. The topological polar surface area (TPSA) is 137 Å². The average Bonchev–Trinajstić information content (AvgIpc) is 3.96. The Morgan fingerprint density at radius 3 is 2.31 bits per heavy atom. The number of amides is 3. The first-order valence-corrected chi connectivity index (χ1v) is 22.0. The third kappa shape index (κ3) is 11.0. The number of aromatic nitrogens is 2. The average molecular weight is 925 g/mol. The van der Waals surface area contributed by atoms with E-state index in [9.17, 15) is 18.4 Å². The maximum absolute atomic E-state index is 15.5. The van der Waals surface area contributed by atoms with Crippen molar-refractivity contribution in [2.24, 2.45) is 0 Å². The monoisotopic (exact) mass is 923 g/mol. The van der Waals surface area contributed by atoms with E-state index in [2.05, 4.69) is 10.1 Å². The number of ether oxygens (including phenoxy) is 4. The summed E-state index contributed by atoms with van der Waals surface area (Å²) in [7, 11) is 1.67. The van der Waals surface area contributed by atoms with Crippen molar-refractivity contribution in [1.29, 1.82) is 0 Å². The number of rotatable bonds is 13. The van der Waals surface area contributed by atoms with Crippen LogP contribution in [0, 0.1) is 11.6 Å². The molecule has 2 fully saturated rings. The minimum absolute atomic E-state index is 0.00107. The molecule has 13 nitrogen and oxygen atoms in total. The number of hydrogen-bond donors (Lipinski definition) is 0. The Hall–Kier alpha value is -5.25. The Morgan fingerprint density at radius 2 is 1.64 bits per heavy atom. The lowest BCUT2D eigenvalue weighted by atomic mass is 9.81. The molecule has 3 aliphatic rings. The van der Waals surface area contributed by atoms with E-state index in [1.54, 1.807) is 76.8 Å². The molecule has 1 saturated carbocycles. The van der Waals surface area contributed by atoms with Gasteiger partial charge in [-0.2, -0.15) is 0 Å². The van der Waals surface area contributed by atoms with Gasteiger partial charge in [0.1, 0.15) is 28.5 Å². The highest BCUT2D eigenvalue weighted by Crippen LogP contribution is 2.43. The molecule has 2 bridgehead atoms. The Morgan fingerprint density at radius 1 is 0.922 bits per heavy atom. The van der Waals surface area contributed by atoms with E-state index in [0.29, 0.717) is 28.3 Å². The zero-order valence-corrected chi connectivity index (χ0v) is 38.5. The normalized spacial score (nSPS) is 17.7. The molecule has 17 heteroatoms. The van der Waals surface area contributed by atoms with E-state index < -0.39 is 52.1 Å². The minimum Gasteiger partial charge on any atom is -0.469 e. The highest BCUT2D eigenvalue weighted by atomic mass is 35.5. The van der Waals surface area contributed by atoms with Crippen LogP contribution in [0.25, 0.3) is 16.8 Å². The highest BCUT2D eigenvalue weighted by molar-refractivity contribution is 6.33. The predicted molar refractivity (Wildman–Crippen MR) is 236 cm³/mol. The smallest absolute Gasteiger partial charge is 0.411 e. The molecule has 1 saturated heterocycles. The first-order valence-electron chi connectivity index (χ1n) is 21.3. The largest absolute Gasteiger partial charge is 0.469 e. The fraction of sp³-hybridized carbons (Fsp3) is 0.468. The van der Waals surface area contributed by atoms with Gasteiger partial charge in [0.2, 0.25) is 5.88 Å². The van der Waals surface area contributed by atoms with Crippen LogP contribution in [-0.4, -0.2) is 99.1 Å². The molecule has 0 N–H and O–H groups in total.